The SMILES string of the molecule is CCCCC(CCCC)CC(=O)OCCCCCCCCCCC(CCCCCCCCCCOC(=O)CC(CCCC)CCCC)CCCN1CCN(C)CC1. The van der Waals surface area contributed by atoms with E-state index in [2.05, 4.69) is 44.5 Å². The third kappa shape index (κ3) is 34.3. The number of hydrogen-bond acceptors (Lipinski definition) is 6. The Balaban J connectivity index is 2.16. The molecule has 6 nitrogen and oxygen atoms in total. The van der Waals surface area contributed by atoms with Crippen molar-refractivity contribution >= 4 is 11.9 Å². The van der Waals surface area contributed by atoms with Gasteiger partial charge in [0.05, 0.1) is 13.2 Å². The van der Waals surface area contributed by atoms with Gasteiger partial charge in [0, 0.05) is 39.0 Å². The van der Waals surface area contributed by atoms with E-state index in [4.69, 9.17) is 9.47 Å². The van der Waals surface area contributed by atoms with Gasteiger partial charge in [-0.15, -0.1) is 0 Å². The van der Waals surface area contributed by atoms with Gasteiger partial charge in [0.25, 0.3) is 0 Å². The molecule has 0 radical (unpaired) electrons. The Morgan fingerprint density at radius 2 is 0.719 bits per heavy atom. The van der Waals surface area contributed by atoms with Crippen LogP contribution in [0, 0.1) is 17.8 Å². The zero-order valence-electron chi connectivity index (χ0n) is 39.3. The Kier molecular flexibility index (Phi) is 38.1. The van der Waals surface area contributed by atoms with Crippen molar-refractivity contribution in [1.29, 1.82) is 0 Å². The highest BCUT2D eigenvalue weighted by molar-refractivity contribution is 5.70. The van der Waals surface area contributed by atoms with Gasteiger partial charge in [-0.05, 0) is 82.7 Å². The average Bonchev–Trinajstić information content (AvgIpc) is 3.21. The molecular formula is C51H100N2O4. The molecule has 338 valence electrons. The fourth-order valence-corrected chi connectivity index (χ4v) is 8.93. The van der Waals surface area contributed by atoms with Crippen LogP contribution in [0.15, 0.2) is 0 Å². The van der Waals surface area contributed by atoms with Crippen LogP contribution in [-0.2, 0) is 19.1 Å². The lowest BCUT2D eigenvalue weighted by Gasteiger charge is -2.32. The quantitative estimate of drug-likeness (QED) is 0.0452. The van der Waals surface area contributed by atoms with Crippen molar-refractivity contribution in [2.24, 2.45) is 17.8 Å². The first kappa shape index (κ1) is 53.9. The molecule has 0 aromatic heterocycles. The van der Waals surface area contributed by atoms with Gasteiger partial charge in [0.15, 0.2) is 0 Å². The van der Waals surface area contributed by atoms with E-state index in [0.717, 1.165) is 18.8 Å². The van der Waals surface area contributed by atoms with Crippen LogP contribution in [0.5, 0.6) is 0 Å². The molecular weight excluding hydrogens is 705 g/mol. The molecule has 0 unspecified atom stereocenters. The molecule has 0 aliphatic carbocycles. The highest BCUT2D eigenvalue weighted by atomic mass is 16.5. The van der Waals surface area contributed by atoms with Gasteiger partial charge in [0.2, 0.25) is 0 Å². The van der Waals surface area contributed by atoms with E-state index in [9.17, 15) is 9.59 Å². The first-order valence-electron chi connectivity index (χ1n) is 25.6. The van der Waals surface area contributed by atoms with E-state index in [1.165, 1.54) is 225 Å². The van der Waals surface area contributed by atoms with Crippen LogP contribution in [0.2, 0.25) is 0 Å². The summed E-state index contributed by atoms with van der Waals surface area (Å²) in [6.07, 6.45) is 42.0. The molecule has 0 atom stereocenters. The highest BCUT2D eigenvalue weighted by Gasteiger charge is 2.17. The molecule has 1 saturated heterocycles. The number of hydrogen-bond donors (Lipinski definition) is 0. The van der Waals surface area contributed by atoms with E-state index < -0.39 is 0 Å². The van der Waals surface area contributed by atoms with Crippen molar-refractivity contribution in [3.05, 3.63) is 0 Å². The predicted molar refractivity (Wildman–Crippen MR) is 246 cm³/mol. The summed E-state index contributed by atoms with van der Waals surface area (Å²) in [4.78, 5) is 29.9. The second kappa shape index (κ2) is 40.3. The predicted octanol–water partition coefficient (Wildman–Crippen LogP) is 14.5. The van der Waals surface area contributed by atoms with Gasteiger partial charge >= 0.3 is 11.9 Å². The topological polar surface area (TPSA) is 59.1 Å². The number of rotatable bonds is 42. The standard InChI is InChI=1S/C51H100N2O4/c1-6-10-31-48(32-11-7-2)45-50(54)56-43-28-24-20-16-14-18-22-26-35-47(37-30-38-53-41-39-52(5)40-42-53)36-27-23-19-15-17-21-25-29-44-57-51(55)46-49(33-12-8-3)34-13-9-4/h47-49H,6-46H2,1-5H3. The van der Waals surface area contributed by atoms with Crippen LogP contribution in [0.1, 0.15) is 246 Å². The number of carbonyl (C=O) groups excluding carboxylic acids is 2. The third-order valence-electron chi connectivity index (χ3n) is 13.0. The highest BCUT2D eigenvalue weighted by Crippen LogP contribution is 2.25. The maximum Gasteiger partial charge on any atom is 0.306 e. The lowest BCUT2D eigenvalue weighted by molar-refractivity contribution is -0.146. The molecule has 1 aliphatic rings. The summed E-state index contributed by atoms with van der Waals surface area (Å²) in [5.41, 5.74) is 0. The molecule has 0 spiro atoms. The normalized spacial score (nSPS) is 14.0. The lowest BCUT2D eigenvalue weighted by atomic mass is 9.90. The molecule has 0 aromatic rings. The molecule has 1 fully saturated rings. The Morgan fingerprint density at radius 3 is 1.09 bits per heavy atom. The number of piperazine rings is 1. The maximum absolute atomic E-state index is 12.4. The molecule has 1 aliphatic heterocycles. The fourth-order valence-electron chi connectivity index (χ4n) is 8.93. The van der Waals surface area contributed by atoms with E-state index >= 15 is 0 Å². The van der Waals surface area contributed by atoms with Gasteiger partial charge in [-0.3, -0.25) is 9.59 Å². The monoisotopic (exact) mass is 805 g/mol. The van der Waals surface area contributed by atoms with Gasteiger partial charge in [-0.2, -0.15) is 0 Å². The van der Waals surface area contributed by atoms with E-state index in [-0.39, 0.29) is 11.9 Å². The molecule has 0 amide bonds. The van der Waals surface area contributed by atoms with Gasteiger partial charge in [-0.25, -0.2) is 0 Å². The molecule has 0 saturated carbocycles. The van der Waals surface area contributed by atoms with E-state index in [0.29, 0.717) is 37.9 Å². The largest absolute Gasteiger partial charge is 0.466 e. The first-order valence-corrected chi connectivity index (χ1v) is 25.6. The van der Waals surface area contributed by atoms with Crippen LogP contribution in [0.25, 0.3) is 0 Å². The zero-order valence-corrected chi connectivity index (χ0v) is 39.3. The molecule has 0 N–H and O–H groups in total. The summed E-state index contributed by atoms with van der Waals surface area (Å²) < 4.78 is 11.2. The minimum Gasteiger partial charge on any atom is -0.466 e. The van der Waals surface area contributed by atoms with Crippen molar-refractivity contribution in [2.45, 2.75) is 246 Å². The number of carbonyl (C=O) groups is 2. The number of unbranched alkanes of at least 4 members (excludes halogenated alkanes) is 18. The van der Waals surface area contributed by atoms with Gasteiger partial charge in [-0.1, -0.05) is 182 Å². The van der Waals surface area contributed by atoms with Crippen molar-refractivity contribution < 1.29 is 19.1 Å². The molecule has 6 heteroatoms. The molecule has 1 rings (SSSR count). The van der Waals surface area contributed by atoms with Crippen molar-refractivity contribution in [2.75, 3.05) is 53.0 Å². The summed E-state index contributed by atoms with van der Waals surface area (Å²) >= 11 is 0. The molecule has 0 aromatic carbocycles. The maximum atomic E-state index is 12.4. The summed E-state index contributed by atoms with van der Waals surface area (Å²) in [7, 11) is 2.26. The molecule has 0 bridgehead atoms. The van der Waals surface area contributed by atoms with Crippen LogP contribution in [0.3, 0.4) is 0 Å². The van der Waals surface area contributed by atoms with Crippen molar-refractivity contribution in [3.8, 4) is 0 Å². The summed E-state index contributed by atoms with van der Waals surface area (Å²) in [5, 5.41) is 0. The number of nitrogens with zero attached hydrogens (tertiary/aromatic N) is 2. The number of ether oxygens (including phenoxy) is 2. The van der Waals surface area contributed by atoms with E-state index in [1.807, 2.05) is 0 Å². The second-order valence-corrected chi connectivity index (χ2v) is 18.5. The van der Waals surface area contributed by atoms with Crippen LogP contribution in [-0.4, -0.2) is 74.7 Å². The summed E-state index contributed by atoms with van der Waals surface area (Å²) in [6.45, 7) is 16.4. The van der Waals surface area contributed by atoms with E-state index in [1.54, 1.807) is 0 Å². The summed E-state index contributed by atoms with van der Waals surface area (Å²) in [5.74, 6) is 2.02. The van der Waals surface area contributed by atoms with Crippen molar-refractivity contribution in [3.63, 3.8) is 0 Å². The molecule has 1 heterocycles. The molecule has 57 heavy (non-hydrogen) atoms. The Morgan fingerprint density at radius 1 is 0.404 bits per heavy atom. The first-order chi connectivity index (χ1) is 27.9. The van der Waals surface area contributed by atoms with Crippen LogP contribution >= 0.6 is 0 Å². The second-order valence-electron chi connectivity index (χ2n) is 18.5. The number of likely N-dealkylation sites (N-methyl/N-ethyl adjacent to an activating group) is 1. The van der Waals surface area contributed by atoms with Crippen LogP contribution < -0.4 is 0 Å². The summed E-state index contributed by atoms with van der Waals surface area (Å²) in [6, 6.07) is 0. The fraction of sp³-hybridized carbons (Fsp3) is 0.961. The van der Waals surface area contributed by atoms with Gasteiger partial charge in [0.1, 0.15) is 0 Å². The number of esters is 2. The average molecular weight is 805 g/mol. The third-order valence-corrected chi connectivity index (χ3v) is 13.0. The van der Waals surface area contributed by atoms with Gasteiger partial charge < -0.3 is 19.3 Å². The van der Waals surface area contributed by atoms with Crippen molar-refractivity contribution in [1.82, 2.24) is 9.80 Å². The zero-order chi connectivity index (χ0) is 41.4. The smallest absolute Gasteiger partial charge is 0.306 e. The minimum absolute atomic E-state index is 0.0348. The van der Waals surface area contributed by atoms with Crippen LogP contribution in [0.4, 0.5) is 0 Å². The minimum atomic E-state index is 0.0348. The Hall–Kier alpha value is -1.14. The lowest BCUT2D eigenvalue weighted by Crippen LogP contribution is -2.44. The Labute approximate surface area is 356 Å². The Bertz CT molecular complexity index is 803.